The molecule has 2 aliphatic heterocycles. The number of ether oxygens (including phenoxy) is 2. The molecule has 2 bridgehead atoms. The fraction of sp³-hybridized carbons (Fsp3) is 0.524. The number of carbonyl (C=O) groups is 1. The van der Waals surface area contributed by atoms with Gasteiger partial charge in [-0.1, -0.05) is 56.2 Å². The Hall–Kier alpha value is -3.24. The number of hydrogen-bond donors (Lipinski definition) is 1. The first-order valence-corrected chi connectivity index (χ1v) is 20.6. The van der Waals surface area contributed by atoms with E-state index in [1.165, 1.54) is 23.1 Å². The molecule has 1 amide bonds. The third kappa shape index (κ3) is 9.46. The van der Waals surface area contributed by atoms with E-state index < -0.39 is 11.0 Å². The number of aromatic nitrogens is 1. The molecule has 0 saturated heterocycles. The highest BCUT2D eigenvalue weighted by atomic mass is 35.5. The van der Waals surface area contributed by atoms with Crippen molar-refractivity contribution in [3.05, 3.63) is 100 Å². The van der Waals surface area contributed by atoms with Crippen LogP contribution in [0.5, 0.6) is 5.75 Å². The van der Waals surface area contributed by atoms with Crippen molar-refractivity contribution >= 4 is 34.2 Å². The highest BCUT2D eigenvalue weighted by Gasteiger charge is 2.39. The molecule has 1 aliphatic carbocycles. The lowest BCUT2D eigenvalue weighted by Gasteiger charge is -2.45. The summed E-state index contributed by atoms with van der Waals surface area (Å²) < 4.78 is 28.4. The van der Waals surface area contributed by atoms with Crippen molar-refractivity contribution in [3.8, 4) is 5.75 Å². The maximum absolute atomic E-state index is 13.5. The molecule has 3 aromatic rings. The monoisotopic (exact) mass is 746 g/mol. The lowest BCUT2D eigenvalue weighted by atomic mass is 9.66. The Kier molecular flexibility index (Phi) is 13.5. The first-order valence-electron chi connectivity index (χ1n) is 19.0. The first kappa shape index (κ1) is 38.5. The van der Waals surface area contributed by atoms with Crippen LogP contribution in [0.4, 0.5) is 5.69 Å². The molecule has 10 heteroatoms. The van der Waals surface area contributed by atoms with E-state index in [1.807, 2.05) is 43.6 Å². The van der Waals surface area contributed by atoms with Gasteiger partial charge in [-0.15, -0.1) is 0 Å². The van der Waals surface area contributed by atoms with Gasteiger partial charge in [0.2, 0.25) is 0 Å². The van der Waals surface area contributed by atoms with Crippen molar-refractivity contribution in [3.63, 3.8) is 0 Å². The van der Waals surface area contributed by atoms with Gasteiger partial charge in [0.05, 0.1) is 24.2 Å². The Labute approximate surface area is 317 Å². The topological polar surface area (TPSA) is 84.0 Å². The Morgan fingerprint density at radius 2 is 2.00 bits per heavy atom. The standard InChI is InChI=1S/C42H55ClN4O4S/c1-5-8-32-21-37(43)14-16-38(32)36-27-47-26-35-12-15-39(35)34(25-46(19-20-50-4)24-31-10-7-18-44-23-31)11-6-9-29(2)30(3)52(49)45-42(48)33-13-17-41(51-28-36)40(47)22-33/h6-7,10-11,13-14,16-18,21-23,29-30,34-36,39H,5,8-9,12,15,19-20,24-28H2,1-4H3,(H,45,48)/b11-6+. The molecule has 1 fully saturated rings. The third-order valence-corrected chi connectivity index (χ3v) is 13.2. The molecule has 7 atom stereocenters. The molecular formula is C42H55ClN4O4S. The number of pyridine rings is 1. The van der Waals surface area contributed by atoms with E-state index in [9.17, 15) is 9.00 Å². The zero-order valence-electron chi connectivity index (χ0n) is 31.1. The second kappa shape index (κ2) is 18.2. The summed E-state index contributed by atoms with van der Waals surface area (Å²) in [5.74, 6) is 2.02. The highest BCUT2D eigenvalue weighted by Crippen LogP contribution is 2.44. The van der Waals surface area contributed by atoms with Crippen LogP contribution in [0.3, 0.4) is 0 Å². The molecule has 52 heavy (non-hydrogen) atoms. The molecular weight excluding hydrogens is 692 g/mol. The van der Waals surface area contributed by atoms with Gasteiger partial charge < -0.3 is 14.4 Å². The molecule has 1 N–H and O–H groups in total. The van der Waals surface area contributed by atoms with Crippen LogP contribution in [0.2, 0.25) is 5.02 Å². The number of anilines is 1. The normalized spacial score (nSPS) is 27.2. The number of allylic oxidation sites excluding steroid dienone is 1. The summed E-state index contributed by atoms with van der Waals surface area (Å²) in [6, 6.07) is 16.1. The fourth-order valence-electron chi connectivity index (χ4n) is 8.08. The van der Waals surface area contributed by atoms with Crippen LogP contribution in [0.25, 0.3) is 0 Å². The molecule has 0 spiro atoms. The predicted molar refractivity (Wildman–Crippen MR) is 211 cm³/mol. The van der Waals surface area contributed by atoms with Gasteiger partial charge in [0.15, 0.2) is 0 Å². The first-order chi connectivity index (χ1) is 25.2. The van der Waals surface area contributed by atoms with Crippen LogP contribution in [-0.2, 0) is 28.7 Å². The number of methoxy groups -OCH3 is 1. The molecule has 280 valence electrons. The van der Waals surface area contributed by atoms with Gasteiger partial charge in [-0.2, -0.15) is 0 Å². The van der Waals surface area contributed by atoms with Crippen LogP contribution in [0.15, 0.2) is 73.1 Å². The van der Waals surface area contributed by atoms with Crippen molar-refractivity contribution in [1.29, 1.82) is 0 Å². The molecule has 2 aromatic carbocycles. The Bertz CT molecular complexity index is 1710. The van der Waals surface area contributed by atoms with E-state index in [-0.39, 0.29) is 23.0 Å². The van der Waals surface area contributed by atoms with Gasteiger partial charge in [-0.3, -0.25) is 19.4 Å². The summed E-state index contributed by atoms with van der Waals surface area (Å²) in [6.45, 7) is 11.7. The Balaban J connectivity index is 1.35. The quantitative estimate of drug-likeness (QED) is 0.212. The molecule has 1 saturated carbocycles. The second-order valence-corrected chi connectivity index (χ2v) is 17.0. The number of aryl methyl sites for hydroxylation is 1. The molecule has 8 nitrogen and oxygen atoms in total. The zero-order valence-corrected chi connectivity index (χ0v) is 32.7. The molecule has 7 unspecified atom stereocenters. The second-order valence-electron chi connectivity index (χ2n) is 15.0. The average molecular weight is 747 g/mol. The maximum Gasteiger partial charge on any atom is 0.263 e. The fourth-order valence-corrected chi connectivity index (χ4v) is 9.29. The summed E-state index contributed by atoms with van der Waals surface area (Å²) in [6.07, 6.45) is 13.6. The van der Waals surface area contributed by atoms with E-state index in [0.717, 1.165) is 74.9 Å². The summed E-state index contributed by atoms with van der Waals surface area (Å²) in [5.41, 5.74) is 5.16. The van der Waals surface area contributed by atoms with Crippen molar-refractivity contribution < 1.29 is 18.5 Å². The van der Waals surface area contributed by atoms with Gasteiger partial charge in [0.25, 0.3) is 5.91 Å². The minimum absolute atomic E-state index is 0.126. The lowest BCUT2D eigenvalue weighted by Crippen LogP contribution is -2.45. The van der Waals surface area contributed by atoms with Crippen LogP contribution >= 0.6 is 11.6 Å². The van der Waals surface area contributed by atoms with Crippen LogP contribution in [-0.4, -0.2) is 71.8 Å². The minimum atomic E-state index is -1.53. The summed E-state index contributed by atoms with van der Waals surface area (Å²) in [4.78, 5) is 22.9. The van der Waals surface area contributed by atoms with Crippen LogP contribution in [0.1, 0.15) is 79.4 Å². The number of benzene rings is 2. The van der Waals surface area contributed by atoms with E-state index in [4.69, 9.17) is 21.1 Å². The number of amides is 1. The minimum Gasteiger partial charge on any atom is -0.491 e. The number of nitrogens with one attached hydrogen (secondary N) is 1. The zero-order chi connectivity index (χ0) is 36.6. The van der Waals surface area contributed by atoms with E-state index >= 15 is 0 Å². The van der Waals surface area contributed by atoms with Crippen molar-refractivity contribution in [2.75, 3.05) is 51.4 Å². The van der Waals surface area contributed by atoms with Crippen LogP contribution < -0.4 is 14.4 Å². The van der Waals surface area contributed by atoms with Crippen molar-refractivity contribution in [2.24, 2.45) is 23.7 Å². The summed E-state index contributed by atoms with van der Waals surface area (Å²) in [5, 5.41) is 0.546. The smallest absolute Gasteiger partial charge is 0.263 e. The lowest BCUT2D eigenvalue weighted by molar-refractivity contribution is 0.0835. The van der Waals surface area contributed by atoms with Gasteiger partial charge in [-0.25, -0.2) is 4.21 Å². The molecule has 6 rings (SSSR count). The maximum atomic E-state index is 13.5. The SMILES string of the molecule is CCCc1cc(Cl)ccc1C1COc2ccc3cc2N(C1)CC1CCC1C(CN(CCOC)Cc1cccnc1)/C=C/CC(C)C(C)S(=O)NC3=O. The summed E-state index contributed by atoms with van der Waals surface area (Å²) in [7, 11) is 0.233. The van der Waals surface area contributed by atoms with E-state index in [0.29, 0.717) is 36.5 Å². The molecule has 3 aliphatic rings. The largest absolute Gasteiger partial charge is 0.491 e. The number of carbonyl (C=O) groups excluding carboxylic acids is 1. The highest BCUT2D eigenvalue weighted by molar-refractivity contribution is 7.84. The molecule has 0 radical (unpaired) electrons. The molecule has 3 heterocycles. The summed E-state index contributed by atoms with van der Waals surface area (Å²) >= 11 is 6.50. The Morgan fingerprint density at radius 3 is 2.75 bits per heavy atom. The van der Waals surface area contributed by atoms with Gasteiger partial charge >= 0.3 is 0 Å². The van der Waals surface area contributed by atoms with E-state index in [2.05, 4.69) is 63.7 Å². The number of rotatable bonds is 10. The predicted octanol–water partition coefficient (Wildman–Crippen LogP) is 7.84. The number of fused-ring (bicyclic) bond motifs is 2. The number of halogens is 1. The third-order valence-electron chi connectivity index (χ3n) is 11.4. The van der Waals surface area contributed by atoms with Crippen LogP contribution in [0, 0.1) is 23.7 Å². The van der Waals surface area contributed by atoms with Crippen molar-refractivity contribution in [2.45, 2.75) is 70.6 Å². The van der Waals surface area contributed by atoms with Crippen molar-refractivity contribution in [1.82, 2.24) is 14.6 Å². The number of hydrogen-bond acceptors (Lipinski definition) is 7. The number of nitrogens with zero attached hydrogens (tertiary/aromatic N) is 3. The Morgan fingerprint density at radius 1 is 1.13 bits per heavy atom. The van der Waals surface area contributed by atoms with E-state index in [1.54, 1.807) is 13.2 Å². The van der Waals surface area contributed by atoms with Gasteiger partial charge in [-0.05, 0) is 109 Å². The van der Waals surface area contributed by atoms with Gasteiger partial charge in [0.1, 0.15) is 16.7 Å². The molecule has 1 aromatic heterocycles. The van der Waals surface area contributed by atoms with Gasteiger partial charge in [0, 0.05) is 68.7 Å². The average Bonchev–Trinajstić information content (AvgIpc) is 3.31.